The summed E-state index contributed by atoms with van der Waals surface area (Å²) in [6, 6.07) is 6.49. The van der Waals surface area contributed by atoms with E-state index in [9.17, 15) is 18.0 Å². The molecule has 7 nitrogen and oxygen atoms in total. The van der Waals surface area contributed by atoms with Crippen molar-refractivity contribution in [2.45, 2.75) is 45.7 Å². The Morgan fingerprint density at radius 2 is 2.04 bits per heavy atom. The van der Waals surface area contributed by atoms with Crippen molar-refractivity contribution < 1.29 is 22.7 Å². The molecule has 1 fully saturated rings. The molecule has 1 saturated heterocycles. The number of amides is 2. The third kappa shape index (κ3) is 5.20. The van der Waals surface area contributed by atoms with E-state index in [0.717, 1.165) is 6.42 Å². The molecule has 2 rings (SSSR count). The van der Waals surface area contributed by atoms with Crippen LogP contribution in [0.5, 0.6) is 5.75 Å². The first kappa shape index (κ1) is 20.2. The monoisotopic (exact) mass is 382 g/mol. The van der Waals surface area contributed by atoms with Crippen molar-refractivity contribution in [3.8, 4) is 5.75 Å². The number of carbonyl (C=O) groups excluding carboxylic acids is 2. The van der Waals surface area contributed by atoms with Crippen LogP contribution in [0.1, 0.15) is 33.6 Å². The van der Waals surface area contributed by atoms with Gasteiger partial charge in [-0.1, -0.05) is 19.1 Å². The van der Waals surface area contributed by atoms with Gasteiger partial charge in [0.1, 0.15) is 5.75 Å². The lowest BCUT2D eigenvalue weighted by Crippen LogP contribution is -2.48. The highest BCUT2D eigenvalue weighted by Gasteiger charge is 2.36. The molecule has 1 aromatic rings. The van der Waals surface area contributed by atoms with Crippen molar-refractivity contribution in [2.24, 2.45) is 0 Å². The molecule has 26 heavy (non-hydrogen) atoms. The highest BCUT2D eigenvalue weighted by atomic mass is 32.2. The number of hydrogen-bond acceptors (Lipinski definition) is 5. The van der Waals surface area contributed by atoms with Gasteiger partial charge in [-0.15, -0.1) is 0 Å². The minimum atomic E-state index is -3.09. The van der Waals surface area contributed by atoms with Crippen LogP contribution in [0.4, 0.5) is 5.69 Å². The minimum absolute atomic E-state index is 0.00551. The van der Waals surface area contributed by atoms with E-state index in [1.165, 1.54) is 6.92 Å². The summed E-state index contributed by atoms with van der Waals surface area (Å²) < 4.78 is 29.2. The van der Waals surface area contributed by atoms with E-state index in [4.69, 9.17) is 4.74 Å². The molecule has 1 aliphatic heterocycles. The van der Waals surface area contributed by atoms with Crippen molar-refractivity contribution in [1.29, 1.82) is 0 Å². The van der Waals surface area contributed by atoms with Gasteiger partial charge in [-0.05, 0) is 31.9 Å². The van der Waals surface area contributed by atoms with Crippen LogP contribution in [0.25, 0.3) is 0 Å². The molecule has 0 saturated carbocycles. The van der Waals surface area contributed by atoms with Gasteiger partial charge >= 0.3 is 0 Å². The number of nitrogens with one attached hydrogen (secondary N) is 1. The zero-order chi connectivity index (χ0) is 19.3. The van der Waals surface area contributed by atoms with Crippen molar-refractivity contribution in [2.75, 3.05) is 23.4 Å². The second kappa shape index (κ2) is 8.53. The first-order valence-corrected chi connectivity index (χ1v) is 10.6. The van der Waals surface area contributed by atoms with E-state index < -0.39 is 9.84 Å². The summed E-state index contributed by atoms with van der Waals surface area (Å²) >= 11 is 0. The Labute approximate surface area is 154 Å². The summed E-state index contributed by atoms with van der Waals surface area (Å²) in [6.07, 6.45) is 1.19. The Bertz CT molecular complexity index is 763. The fourth-order valence-electron chi connectivity index (χ4n) is 3.10. The third-order valence-corrected chi connectivity index (χ3v) is 6.25. The van der Waals surface area contributed by atoms with E-state index in [-0.39, 0.29) is 42.0 Å². The zero-order valence-electron chi connectivity index (χ0n) is 15.4. The second-order valence-electron chi connectivity index (χ2n) is 6.58. The first-order chi connectivity index (χ1) is 12.2. The van der Waals surface area contributed by atoms with Gasteiger partial charge in [0.05, 0.1) is 17.2 Å². The molecule has 0 aliphatic carbocycles. The number of rotatable bonds is 7. The number of nitrogens with zero attached hydrogens (tertiary/aromatic N) is 1. The maximum atomic E-state index is 12.8. The molecule has 0 spiro atoms. The van der Waals surface area contributed by atoms with Gasteiger partial charge in [0, 0.05) is 19.0 Å². The molecule has 0 aromatic heterocycles. The van der Waals surface area contributed by atoms with Crippen molar-refractivity contribution in [3.05, 3.63) is 24.3 Å². The van der Waals surface area contributed by atoms with Gasteiger partial charge < -0.3 is 15.0 Å². The van der Waals surface area contributed by atoms with Gasteiger partial charge in [0.2, 0.25) is 5.91 Å². The molecule has 0 bridgehead atoms. The Kier molecular flexibility index (Phi) is 6.63. The molecular weight excluding hydrogens is 356 g/mol. The Hall–Kier alpha value is -2.09. The summed E-state index contributed by atoms with van der Waals surface area (Å²) in [5.74, 6) is 0.0402. The van der Waals surface area contributed by atoms with Crippen LogP contribution in [-0.2, 0) is 19.4 Å². The lowest BCUT2D eigenvalue weighted by molar-refractivity contribution is -0.137. The summed E-state index contributed by atoms with van der Waals surface area (Å²) in [5, 5.41) is 2.66. The largest absolute Gasteiger partial charge is 0.482 e. The molecule has 8 heteroatoms. The maximum absolute atomic E-state index is 12.8. The van der Waals surface area contributed by atoms with Crippen LogP contribution in [0.15, 0.2) is 24.3 Å². The molecule has 2 amide bonds. The third-order valence-electron chi connectivity index (χ3n) is 4.50. The number of para-hydroxylation sites is 2. The standard InChI is InChI=1S/C18H26N2O5S/c1-4-13(2)20(15-9-10-26(23,24)12-15)18(22)11-25-17-8-6-5-7-16(17)19-14(3)21/h5-8,13,15H,4,9-12H2,1-3H3,(H,19,21)/t13-,15+/m0/s1. The van der Waals surface area contributed by atoms with Gasteiger partial charge in [-0.2, -0.15) is 0 Å². The molecular formula is C18H26N2O5S. The lowest BCUT2D eigenvalue weighted by atomic mass is 10.1. The molecule has 144 valence electrons. The number of carbonyl (C=O) groups is 2. The molecule has 1 N–H and O–H groups in total. The SMILES string of the molecule is CC[C@H](C)N(C(=O)COc1ccccc1NC(C)=O)[C@@H]1CCS(=O)(=O)C1. The Balaban J connectivity index is 2.10. The Morgan fingerprint density at radius 1 is 1.35 bits per heavy atom. The summed E-state index contributed by atoms with van der Waals surface area (Å²) in [6.45, 7) is 5.06. The van der Waals surface area contributed by atoms with Gasteiger partial charge in [-0.25, -0.2) is 8.42 Å². The summed E-state index contributed by atoms with van der Waals surface area (Å²) in [7, 11) is -3.09. The second-order valence-corrected chi connectivity index (χ2v) is 8.81. The van der Waals surface area contributed by atoms with Crippen LogP contribution in [0.2, 0.25) is 0 Å². The van der Waals surface area contributed by atoms with E-state index in [0.29, 0.717) is 17.9 Å². The van der Waals surface area contributed by atoms with Crippen molar-refractivity contribution in [1.82, 2.24) is 4.90 Å². The predicted molar refractivity (Wildman–Crippen MR) is 99.9 cm³/mol. The van der Waals surface area contributed by atoms with Gasteiger partial charge in [0.25, 0.3) is 5.91 Å². The number of hydrogen-bond donors (Lipinski definition) is 1. The smallest absolute Gasteiger partial charge is 0.261 e. The molecule has 0 radical (unpaired) electrons. The normalized spacial score (nSPS) is 19.6. The van der Waals surface area contributed by atoms with E-state index in [1.54, 1.807) is 29.2 Å². The van der Waals surface area contributed by atoms with Crippen LogP contribution < -0.4 is 10.1 Å². The van der Waals surface area contributed by atoms with Crippen LogP contribution in [0, 0.1) is 0 Å². The molecule has 2 atom stereocenters. The quantitative estimate of drug-likeness (QED) is 0.777. The van der Waals surface area contributed by atoms with Crippen LogP contribution in [-0.4, -0.2) is 55.3 Å². The highest BCUT2D eigenvalue weighted by molar-refractivity contribution is 7.91. The molecule has 1 aromatic carbocycles. The maximum Gasteiger partial charge on any atom is 0.261 e. The predicted octanol–water partition coefficient (Wildman–Crippen LogP) is 1.84. The fraction of sp³-hybridized carbons (Fsp3) is 0.556. The highest BCUT2D eigenvalue weighted by Crippen LogP contribution is 2.25. The summed E-state index contributed by atoms with van der Waals surface area (Å²) in [4.78, 5) is 25.7. The Morgan fingerprint density at radius 3 is 2.62 bits per heavy atom. The minimum Gasteiger partial charge on any atom is -0.482 e. The van der Waals surface area contributed by atoms with E-state index >= 15 is 0 Å². The average molecular weight is 382 g/mol. The van der Waals surface area contributed by atoms with Crippen molar-refractivity contribution >= 4 is 27.3 Å². The van der Waals surface area contributed by atoms with Crippen LogP contribution >= 0.6 is 0 Å². The van der Waals surface area contributed by atoms with E-state index in [2.05, 4.69) is 5.32 Å². The van der Waals surface area contributed by atoms with Crippen LogP contribution in [0.3, 0.4) is 0 Å². The zero-order valence-corrected chi connectivity index (χ0v) is 16.2. The van der Waals surface area contributed by atoms with E-state index in [1.807, 2.05) is 13.8 Å². The molecule has 1 heterocycles. The molecule has 0 unspecified atom stereocenters. The van der Waals surface area contributed by atoms with Crippen molar-refractivity contribution in [3.63, 3.8) is 0 Å². The first-order valence-electron chi connectivity index (χ1n) is 8.74. The number of ether oxygens (including phenoxy) is 1. The number of anilines is 1. The lowest BCUT2D eigenvalue weighted by Gasteiger charge is -2.33. The molecule has 1 aliphatic rings. The summed E-state index contributed by atoms with van der Waals surface area (Å²) in [5.41, 5.74) is 0.492. The fourth-order valence-corrected chi connectivity index (χ4v) is 4.81. The number of benzene rings is 1. The average Bonchev–Trinajstić information content (AvgIpc) is 2.93. The van der Waals surface area contributed by atoms with Gasteiger partial charge in [0.15, 0.2) is 16.4 Å². The van der Waals surface area contributed by atoms with Gasteiger partial charge in [-0.3, -0.25) is 9.59 Å². The topological polar surface area (TPSA) is 92.8 Å². The number of sulfone groups is 1.